The second-order valence-electron chi connectivity index (χ2n) is 6.29. The summed E-state index contributed by atoms with van der Waals surface area (Å²) in [6, 6.07) is 12.5. The lowest BCUT2D eigenvalue weighted by atomic mass is 10.1. The molecule has 3 nitrogen and oxygen atoms in total. The van der Waals surface area contributed by atoms with Gasteiger partial charge in [-0.2, -0.15) is 13.2 Å². The molecule has 1 aliphatic heterocycles. The molecule has 0 unspecified atom stereocenters. The summed E-state index contributed by atoms with van der Waals surface area (Å²) in [5.74, 6) is -0.606. The maximum atomic E-state index is 14.0. The van der Waals surface area contributed by atoms with Crippen LogP contribution in [0.4, 0.5) is 23.2 Å². The largest absolute Gasteiger partial charge is 0.419 e. The number of nitrogens with one attached hydrogen (secondary N) is 1. The topological polar surface area (TPSA) is 41.3 Å². The molecule has 0 aliphatic carbocycles. The lowest BCUT2D eigenvalue weighted by Crippen LogP contribution is -2.30. The van der Waals surface area contributed by atoms with E-state index < -0.39 is 17.6 Å². The summed E-state index contributed by atoms with van der Waals surface area (Å²) in [4.78, 5) is 1.86. The van der Waals surface area contributed by atoms with Crippen LogP contribution in [0.2, 0.25) is 0 Å². The van der Waals surface area contributed by atoms with Gasteiger partial charge in [0.2, 0.25) is 0 Å². The molecule has 2 aromatic carbocycles. The van der Waals surface area contributed by atoms with E-state index in [-0.39, 0.29) is 5.92 Å². The van der Waals surface area contributed by atoms with Crippen molar-refractivity contribution in [3.8, 4) is 0 Å². The molecule has 3 N–H and O–H groups in total. The van der Waals surface area contributed by atoms with Crippen molar-refractivity contribution < 1.29 is 17.6 Å². The third kappa shape index (κ3) is 4.28. The Morgan fingerprint density at radius 3 is 2.42 bits per heavy atom. The summed E-state index contributed by atoms with van der Waals surface area (Å²) >= 11 is 0. The zero-order chi connectivity index (χ0) is 18.7. The van der Waals surface area contributed by atoms with Crippen LogP contribution in [0.3, 0.4) is 0 Å². The van der Waals surface area contributed by atoms with Crippen LogP contribution in [0.15, 0.2) is 60.4 Å². The standard InChI is InChI=1S/C19H19F4N3/c20-17-9-15(6-7-16(17)19(21,22)23)26(11-13-4-2-1-3-5-13)12-14-8-18(24)25-10-14/h1-9,14,25H,10-12,24H2/t14-/m0/s1. The Labute approximate surface area is 149 Å². The van der Waals surface area contributed by atoms with Crippen molar-refractivity contribution in [3.05, 3.63) is 77.4 Å². The van der Waals surface area contributed by atoms with E-state index in [1.807, 2.05) is 41.3 Å². The number of anilines is 1. The van der Waals surface area contributed by atoms with Gasteiger partial charge in [-0.25, -0.2) is 4.39 Å². The van der Waals surface area contributed by atoms with E-state index in [1.165, 1.54) is 6.07 Å². The highest BCUT2D eigenvalue weighted by molar-refractivity contribution is 5.49. The minimum absolute atomic E-state index is 0.0871. The van der Waals surface area contributed by atoms with E-state index in [2.05, 4.69) is 5.32 Å². The first-order valence-electron chi connectivity index (χ1n) is 8.19. The number of hydrogen-bond acceptors (Lipinski definition) is 3. The third-order valence-electron chi connectivity index (χ3n) is 4.28. The maximum Gasteiger partial charge on any atom is 0.419 e. The van der Waals surface area contributed by atoms with Gasteiger partial charge in [0.25, 0.3) is 0 Å². The van der Waals surface area contributed by atoms with E-state index in [0.29, 0.717) is 31.1 Å². The number of halogens is 4. The van der Waals surface area contributed by atoms with Gasteiger partial charge in [0.05, 0.1) is 11.4 Å². The van der Waals surface area contributed by atoms with Crippen molar-refractivity contribution in [2.45, 2.75) is 12.7 Å². The van der Waals surface area contributed by atoms with E-state index in [0.717, 1.165) is 17.7 Å². The molecule has 1 atom stereocenters. The predicted octanol–water partition coefficient (Wildman–Crippen LogP) is 3.87. The van der Waals surface area contributed by atoms with Crippen LogP contribution in [0, 0.1) is 11.7 Å². The van der Waals surface area contributed by atoms with Gasteiger partial charge in [-0.3, -0.25) is 0 Å². The van der Waals surface area contributed by atoms with Crippen LogP contribution in [0.25, 0.3) is 0 Å². The quantitative estimate of drug-likeness (QED) is 0.791. The Kier molecular flexibility index (Phi) is 5.06. The highest BCUT2D eigenvalue weighted by Gasteiger charge is 2.34. The monoisotopic (exact) mass is 365 g/mol. The first kappa shape index (κ1) is 18.1. The van der Waals surface area contributed by atoms with Crippen molar-refractivity contribution in [2.75, 3.05) is 18.0 Å². The normalized spacial score (nSPS) is 16.9. The molecule has 0 spiro atoms. The Hall–Kier alpha value is -2.70. The fourth-order valence-corrected chi connectivity index (χ4v) is 3.02. The Balaban J connectivity index is 1.88. The fourth-order valence-electron chi connectivity index (χ4n) is 3.02. The van der Waals surface area contributed by atoms with Crippen molar-refractivity contribution in [2.24, 2.45) is 11.7 Å². The number of hydrogen-bond donors (Lipinski definition) is 2. The first-order valence-corrected chi connectivity index (χ1v) is 8.19. The molecule has 0 fully saturated rings. The van der Waals surface area contributed by atoms with Crippen LogP contribution in [-0.4, -0.2) is 13.1 Å². The Morgan fingerprint density at radius 2 is 1.85 bits per heavy atom. The van der Waals surface area contributed by atoms with Gasteiger partial charge < -0.3 is 16.0 Å². The lowest BCUT2D eigenvalue weighted by molar-refractivity contribution is -0.139. The summed E-state index contributed by atoms with van der Waals surface area (Å²) < 4.78 is 52.5. The Bertz CT molecular complexity index is 787. The van der Waals surface area contributed by atoms with E-state index in [9.17, 15) is 17.6 Å². The average molecular weight is 365 g/mol. The van der Waals surface area contributed by atoms with Gasteiger partial charge in [0.1, 0.15) is 5.82 Å². The van der Waals surface area contributed by atoms with Crippen LogP contribution < -0.4 is 16.0 Å². The molecule has 7 heteroatoms. The molecule has 0 aromatic heterocycles. The molecule has 3 rings (SSSR count). The van der Waals surface area contributed by atoms with Crippen molar-refractivity contribution in [3.63, 3.8) is 0 Å². The number of rotatable bonds is 5. The zero-order valence-corrected chi connectivity index (χ0v) is 13.9. The molecule has 2 aromatic rings. The molecular formula is C19H19F4N3. The second-order valence-corrected chi connectivity index (χ2v) is 6.29. The minimum atomic E-state index is -4.71. The molecule has 1 heterocycles. The minimum Gasteiger partial charge on any atom is -0.386 e. The molecule has 26 heavy (non-hydrogen) atoms. The first-order chi connectivity index (χ1) is 12.3. The number of alkyl halides is 3. The van der Waals surface area contributed by atoms with Crippen LogP contribution in [0.1, 0.15) is 11.1 Å². The van der Waals surface area contributed by atoms with Gasteiger partial charge in [-0.15, -0.1) is 0 Å². The van der Waals surface area contributed by atoms with Gasteiger partial charge in [-0.05, 0) is 29.8 Å². The van der Waals surface area contributed by atoms with Gasteiger partial charge >= 0.3 is 6.18 Å². The molecule has 0 saturated carbocycles. The molecule has 138 valence electrons. The fraction of sp³-hybridized carbons (Fsp3) is 0.263. The summed E-state index contributed by atoms with van der Waals surface area (Å²) in [5, 5.41) is 3.02. The van der Waals surface area contributed by atoms with Crippen molar-refractivity contribution in [1.82, 2.24) is 5.32 Å². The van der Waals surface area contributed by atoms with Gasteiger partial charge in [0.15, 0.2) is 0 Å². The highest BCUT2D eigenvalue weighted by Crippen LogP contribution is 2.33. The Morgan fingerprint density at radius 1 is 1.12 bits per heavy atom. The predicted molar refractivity (Wildman–Crippen MR) is 92.7 cm³/mol. The van der Waals surface area contributed by atoms with Crippen molar-refractivity contribution in [1.29, 1.82) is 0 Å². The maximum absolute atomic E-state index is 14.0. The highest BCUT2D eigenvalue weighted by atomic mass is 19.4. The number of nitrogens with two attached hydrogens (primary N) is 1. The molecule has 0 bridgehead atoms. The van der Waals surface area contributed by atoms with E-state index in [1.54, 1.807) is 0 Å². The zero-order valence-electron chi connectivity index (χ0n) is 13.9. The molecular weight excluding hydrogens is 346 g/mol. The summed E-state index contributed by atoms with van der Waals surface area (Å²) in [6.45, 7) is 1.60. The molecule has 0 amide bonds. The summed E-state index contributed by atoms with van der Waals surface area (Å²) in [5.41, 5.74) is 5.86. The van der Waals surface area contributed by atoms with Crippen molar-refractivity contribution >= 4 is 5.69 Å². The molecule has 0 saturated heterocycles. The van der Waals surface area contributed by atoms with E-state index >= 15 is 0 Å². The van der Waals surface area contributed by atoms with E-state index in [4.69, 9.17) is 5.73 Å². The van der Waals surface area contributed by atoms with Gasteiger partial charge in [0, 0.05) is 31.2 Å². The number of benzene rings is 2. The smallest absolute Gasteiger partial charge is 0.386 e. The van der Waals surface area contributed by atoms with Crippen LogP contribution >= 0.6 is 0 Å². The van der Waals surface area contributed by atoms with Crippen LogP contribution in [0.5, 0.6) is 0 Å². The third-order valence-corrected chi connectivity index (χ3v) is 4.28. The lowest BCUT2D eigenvalue weighted by Gasteiger charge is -2.28. The second kappa shape index (κ2) is 7.27. The average Bonchev–Trinajstić information content (AvgIpc) is 2.99. The van der Waals surface area contributed by atoms with Crippen LogP contribution in [-0.2, 0) is 12.7 Å². The number of nitrogens with zero attached hydrogens (tertiary/aromatic N) is 1. The SMILES string of the molecule is NC1=C[C@H](CN(Cc2ccccc2)c2ccc(C(F)(F)F)c(F)c2)CN1. The van der Waals surface area contributed by atoms with Gasteiger partial charge in [-0.1, -0.05) is 30.3 Å². The summed E-state index contributed by atoms with van der Waals surface area (Å²) in [7, 11) is 0. The molecule has 0 radical (unpaired) electrons. The summed E-state index contributed by atoms with van der Waals surface area (Å²) in [6.07, 6.45) is -2.84. The molecule has 1 aliphatic rings.